The van der Waals surface area contributed by atoms with E-state index in [2.05, 4.69) is 5.32 Å². The molecule has 0 spiro atoms. The number of rotatable bonds is 4. The molecule has 1 fully saturated rings. The van der Waals surface area contributed by atoms with Gasteiger partial charge in [-0.1, -0.05) is 23.9 Å². The summed E-state index contributed by atoms with van der Waals surface area (Å²) in [5.41, 5.74) is 0.244. The number of urea groups is 1. The van der Waals surface area contributed by atoms with Gasteiger partial charge in [-0.05, 0) is 12.1 Å². The van der Waals surface area contributed by atoms with Crippen molar-refractivity contribution in [2.75, 3.05) is 16.9 Å². The molecular weight excluding hydrogens is 322 g/mol. The van der Waals surface area contributed by atoms with Crippen LogP contribution in [0.3, 0.4) is 0 Å². The number of nitrogens with zero attached hydrogens (tertiary/aromatic N) is 1. The van der Waals surface area contributed by atoms with Gasteiger partial charge in [0.1, 0.15) is 6.04 Å². The number of carboxylic acids is 1. The Kier molecular flexibility index (Phi) is 5.29. The van der Waals surface area contributed by atoms with Crippen LogP contribution in [0.2, 0.25) is 0 Å². The van der Waals surface area contributed by atoms with Crippen LogP contribution >= 0.6 is 23.5 Å². The van der Waals surface area contributed by atoms with E-state index in [0.29, 0.717) is 17.5 Å². The van der Waals surface area contributed by atoms with Crippen LogP contribution in [0.4, 0.5) is 19.3 Å². The minimum absolute atomic E-state index is 0.236. The zero-order valence-electron chi connectivity index (χ0n) is 10.7. The molecule has 0 aromatic heterocycles. The van der Waals surface area contributed by atoms with Crippen LogP contribution in [0, 0.1) is 0 Å². The first-order chi connectivity index (χ1) is 9.99. The number of hydrogen-bond donors (Lipinski definition) is 2. The van der Waals surface area contributed by atoms with Crippen LogP contribution < -0.4 is 5.32 Å². The van der Waals surface area contributed by atoms with E-state index in [-0.39, 0.29) is 16.5 Å². The molecular formula is C12H12F2N2O3S2. The summed E-state index contributed by atoms with van der Waals surface area (Å²) in [6.45, 7) is 0. The van der Waals surface area contributed by atoms with Crippen molar-refractivity contribution in [1.82, 2.24) is 4.90 Å². The summed E-state index contributed by atoms with van der Waals surface area (Å²) in [4.78, 5) is 24.6. The van der Waals surface area contributed by atoms with Gasteiger partial charge in [-0.2, -0.15) is 8.78 Å². The Balaban J connectivity index is 2.11. The molecule has 21 heavy (non-hydrogen) atoms. The highest BCUT2D eigenvalue weighted by Gasteiger charge is 2.34. The van der Waals surface area contributed by atoms with Crippen LogP contribution in [-0.4, -0.2) is 45.4 Å². The fourth-order valence-electron chi connectivity index (χ4n) is 1.80. The molecule has 0 aliphatic carbocycles. The maximum atomic E-state index is 12.5. The first kappa shape index (κ1) is 15.9. The molecule has 114 valence electrons. The largest absolute Gasteiger partial charge is 0.480 e. The highest BCUT2D eigenvalue weighted by atomic mass is 32.2. The number of benzene rings is 1. The van der Waals surface area contributed by atoms with E-state index in [0.717, 1.165) is 0 Å². The Labute approximate surface area is 128 Å². The number of carbonyl (C=O) groups excluding carboxylic acids is 1. The molecule has 1 atom stereocenters. The summed E-state index contributed by atoms with van der Waals surface area (Å²) < 4.78 is 24.9. The summed E-state index contributed by atoms with van der Waals surface area (Å²) in [7, 11) is 0. The van der Waals surface area contributed by atoms with Crippen LogP contribution in [0.5, 0.6) is 0 Å². The number of anilines is 1. The molecule has 1 heterocycles. The zero-order valence-corrected chi connectivity index (χ0v) is 12.3. The number of nitrogens with one attached hydrogen (secondary N) is 1. The Bertz CT molecular complexity index is 545. The normalized spacial score (nSPS) is 18.0. The van der Waals surface area contributed by atoms with Crippen molar-refractivity contribution in [3.8, 4) is 0 Å². The lowest BCUT2D eigenvalue weighted by Crippen LogP contribution is -2.44. The Morgan fingerprint density at radius 2 is 2.14 bits per heavy atom. The maximum absolute atomic E-state index is 12.5. The summed E-state index contributed by atoms with van der Waals surface area (Å²) >= 11 is 1.66. The number of alkyl halides is 2. The van der Waals surface area contributed by atoms with Crippen LogP contribution in [0.15, 0.2) is 29.2 Å². The van der Waals surface area contributed by atoms with Crippen molar-refractivity contribution >= 4 is 41.2 Å². The molecule has 0 bridgehead atoms. The Hall–Kier alpha value is -1.48. The number of carbonyl (C=O) groups is 2. The van der Waals surface area contributed by atoms with Gasteiger partial charge in [0.15, 0.2) is 0 Å². The first-order valence-corrected chi connectivity index (χ1v) is 7.94. The highest BCUT2D eigenvalue weighted by molar-refractivity contribution is 7.99. The lowest BCUT2D eigenvalue weighted by atomic mass is 10.3. The molecule has 1 aromatic carbocycles. The van der Waals surface area contributed by atoms with Gasteiger partial charge < -0.3 is 15.3 Å². The fraction of sp³-hybridized carbons (Fsp3) is 0.333. The van der Waals surface area contributed by atoms with Crippen molar-refractivity contribution in [3.63, 3.8) is 0 Å². The monoisotopic (exact) mass is 334 g/mol. The number of hydrogen-bond acceptors (Lipinski definition) is 4. The molecule has 1 aliphatic rings. The molecule has 2 N–H and O–H groups in total. The molecule has 0 saturated carbocycles. The third kappa shape index (κ3) is 4.01. The fourth-order valence-corrected chi connectivity index (χ4v) is 3.54. The van der Waals surface area contributed by atoms with E-state index in [1.807, 2.05) is 0 Å². The van der Waals surface area contributed by atoms with Crippen LogP contribution in [0.1, 0.15) is 0 Å². The van der Waals surface area contributed by atoms with Gasteiger partial charge >= 0.3 is 12.0 Å². The Morgan fingerprint density at radius 3 is 2.81 bits per heavy atom. The average Bonchev–Trinajstić information content (AvgIpc) is 2.90. The molecule has 2 amide bonds. The summed E-state index contributed by atoms with van der Waals surface area (Å²) in [6, 6.07) is 4.67. The van der Waals surface area contributed by atoms with E-state index in [9.17, 15) is 18.4 Å². The standard InChI is InChI=1S/C12H12F2N2O3S2/c13-11(14)21-9-4-2-1-3-7(9)15-12(19)16-6-20-5-8(16)10(17)18/h1-4,8,11H,5-6H2,(H,15,19)(H,17,18)/t8-/m0/s1. The van der Waals surface area contributed by atoms with E-state index in [1.165, 1.54) is 28.8 Å². The molecule has 5 nitrogen and oxygen atoms in total. The average molecular weight is 334 g/mol. The second-order valence-corrected chi connectivity index (χ2v) is 6.16. The molecule has 1 aliphatic heterocycles. The number of thioether (sulfide) groups is 2. The number of amides is 2. The first-order valence-electron chi connectivity index (χ1n) is 5.91. The van der Waals surface area contributed by atoms with Crippen molar-refractivity contribution in [2.24, 2.45) is 0 Å². The lowest BCUT2D eigenvalue weighted by Gasteiger charge is -2.21. The Morgan fingerprint density at radius 1 is 1.43 bits per heavy atom. The SMILES string of the molecule is O=C(O)[C@@H]1CSCN1C(=O)Nc1ccccc1SC(F)F. The van der Waals surface area contributed by atoms with E-state index >= 15 is 0 Å². The molecule has 9 heteroatoms. The van der Waals surface area contributed by atoms with E-state index in [4.69, 9.17) is 5.11 Å². The third-order valence-electron chi connectivity index (χ3n) is 2.77. The van der Waals surface area contributed by atoms with Crippen molar-refractivity contribution in [1.29, 1.82) is 0 Å². The second-order valence-electron chi connectivity index (χ2n) is 4.13. The van der Waals surface area contributed by atoms with Crippen molar-refractivity contribution in [2.45, 2.75) is 16.7 Å². The quantitative estimate of drug-likeness (QED) is 0.829. The molecule has 0 unspecified atom stereocenters. The summed E-state index contributed by atoms with van der Waals surface area (Å²) in [5, 5.41) is 11.5. The van der Waals surface area contributed by atoms with Crippen LogP contribution in [0.25, 0.3) is 0 Å². The topological polar surface area (TPSA) is 69.6 Å². The molecule has 1 saturated heterocycles. The molecule has 2 rings (SSSR count). The zero-order chi connectivity index (χ0) is 15.4. The number of para-hydroxylation sites is 1. The number of carboxylic acid groups (broad SMARTS) is 1. The van der Waals surface area contributed by atoms with Gasteiger partial charge in [-0.25, -0.2) is 9.59 Å². The highest BCUT2D eigenvalue weighted by Crippen LogP contribution is 2.32. The third-order valence-corrected chi connectivity index (χ3v) is 4.57. The van der Waals surface area contributed by atoms with Gasteiger partial charge in [0, 0.05) is 10.6 Å². The van der Waals surface area contributed by atoms with Gasteiger partial charge in [-0.15, -0.1) is 11.8 Å². The lowest BCUT2D eigenvalue weighted by molar-refractivity contribution is -0.140. The van der Waals surface area contributed by atoms with Gasteiger partial charge in [0.05, 0.1) is 11.6 Å². The molecule has 1 aromatic rings. The van der Waals surface area contributed by atoms with Crippen LogP contribution in [-0.2, 0) is 4.79 Å². The predicted octanol–water partition coefficient (Wildman–Crippen LogP) is 2.99. The smallest absolute Gasteiger partial charge is 0.327 e. The number of aliphatic carboxylic acids is 1. The van der Waals surface area contributed by atoms with E-state index < -0.39 is 23.8 Å². The van der Waals surface area contributed by atoms with E-state index in [1.54, 1.807) is 12.1 Å². The maximum Gasteiger partial charge on any atom is 0.327 e. The minimum atomic E-state index is -2.60. The summed E-state index contributed by atoms with van der Waals surface area (Å²) in [5.74, 6) is -3.11. The summed E-state index contributed by atoms with van der Waals surface area (Å²) in [6.07, 6.45) is 0. The second kappa shape index (κ2) is 6.99. The number of halogens is 2. The minimum Gasteiger partial charge on any atom is -0.480 e. The van der Waals surface area contributed by atoms with Crippen molar-refractivity contribution < 1.29 is 23.5 Å². The predicted molar refractivity (Wildman–Crippen MR) is 77.9 cm³/mol. The van der Waals surface area contributed by atoms with Gasteiger partial charge in [0.2, 0.25) is 0 Å². The van der Waals surface area contributed by atoms with Gasteiger partial charge in [0.25, 0.3) is 5.76 Å². The molecule has 0 radical (unpaired) electrons. The van der Waals surface area contributed by atoms with Crippen molar-refractivity contribution in [3.05, 3.63) is 24.3 Å². The van der Waals surface area contributed by atoms with Gasteiger partial charge in [-0.3, -0.25) is 0 Å².